The first-order valence-corrected chi connectivity index (χ1v) is 5.91. The zero-order valence-electron chi connectivity index (χ0n) is 10.4. The Morgan fingerprint density at radius 2 is 2.18 bits per heavy atom. The van der Waals surface area contributed by atoms with Crippen molar-refractivity contribution < 1.29 is 9.84 Å². The number of aromatic nitrogens is 2. The molecular weight excluding hydrogens is 242 g/mol. The number of anilines is 1. The minimum atomic E-state index is 0.143. The molecule has 1 rings (SSSR count). The Labute approximate surface area is 106 Å². The van der Waals surface area contributed by atoms with Crippen LogP contribution in [0.1, 0.15) is 20.3 Å². The Morgan fingerprint density at radius 1 is 1.47 bits per heavy atom. The lowest BCUT2D eigenvalue weighted by Crippen LogP contribution is -2.33. The Morgan fingerprint density at radius 3 is 2.71 bits per heavy atom. The van der Waals surface area contributed by atoms with Crippen molar-refractivity contribution >= 4 is 17.4 Å². The average Bonchev–Trinajstić information content (AvgIpc) is 2.29. The lowest BCUT2D eigenvalue weighted by Gasteiger charge is -2.28. The molecule has 0 atom stereocenters. The summed E-state index contributed by atoms with van der Waals surface area (Å²) >= 11 is 5.96. The van der Waals surface area contributed by atoms with E-state index in [1.54, 1.807) is 7.11 Å². The lowest BCUT2D eigenvalue weighted by molar-refractivity contribution is 0.288. The van der Waals surface area contributed by atoms with Gasteiger partial charge in [-0.2, -0.15) is 0 Å². The Bertz CT molecular complexity index is 361. The van der Waals surface area contributed by atoms with Crippen LogP contribution in [-0.4, -0.2) is 41.4 Å². The van der Waals surface area contributed by atoms with Gasteiger partial charge in [-0.3, -0.25) is 0 Å². The van der Waals surface area contributed by atoms with Gasteiger partial charge in [0.15, 0.2) is 16.7 Å². The van der Waals surface area contributed by atoms with Crippen molar-refractivity contribution in [3.63, 3.8) is 0 Å². The zero-order chi connectivity index (χ0) is 12.8. The van der Waals surface area contributed by atoms with Crippen LogP contribution in [0.4, 0.5) is 5.82 Å². The second-order valence-electron chi connectivity index (χ2n) is 3.89. The molecule has 0 aliphatic carbocycles. The molecule has 1 aromatic rings. The number of aliphatic hydroxyl groups is 1. The number of hydrogen-bond acceptors (Lipinski definition) is 5. The first kappa shape index (κ1) is 14.0. The van der Waals surface area contributed by atoms with Crippen molar-refractivity contribution in [3.8, 4) is 5.75 Å². The molecule has 0 aromatic carbocycles. The molecule has 6 heteroatoms. The number of hydrogen-bond donors (Lipinski definition) is 1. The summed E-state index contributed by atoms with van der Waals surface area (Å²) in [5.74, 6) is 1.14. The van der Waals surface area contributed by atoms with Gasteiger partial charge in [0, 0.05) is 19.2 Å². The van der Waals surface area contributed by atoms with Gasteiger partial charge in [0.05, 0.1) is 7.11 Å². The van der Waals surface area contributed by atoms with Crippen molar-refractivity contribution in [1.82, 2.24) is 9.97 Å². The maximum atomic E-state index is 8.91. The number of nitrogens with zero attached hydrogens (tertiary/aromatic N) is 3. The van der Waals surface area contributed by atoms with Gasteiger partial charge in [-0.05, 0) is 20.3 Å². The van der Waals surface area contributed by atoms with Crippen LogP contribution < -0.4 is 9.64 Å². The minimum absolute atomic E-state index is 0.143. The first-order valence-electron chi connectivity index (χ1n) is 5.53. The fourth-order valence-electron chi connectivity index (χ4n) is 1.57. The van der Waals surface area contributed by atoms with Crippen molar-refractivity contribution in [2.45, 2.75) is 26.3 Å². The summed E-state index contributed by atoms with van der Waals surface area (Å²) in [5, 5.41) is 9.21. The van der Waals surface area contributed by atoms with Crippen LogP contribution in [-0.2, 0) is 0 Å². The molecule has 0 amide bonds. The molecule has 1 aromatic heterocycles. The average molecular weight is 260 g/mol. The number of rotatable bonds is 6. The van der Waals surface area contributed by atoms with Gasteiger partial charge in [0.1, 0.15) is 6.33 Å². The predicted molar refractivity (Wildman–Crippen MR) is 67.8 cm³/mol. The number of methoxy groups -OCH3 is 1. The van der Waals surface area contributed by atoms with Gasteiger partial charge in [0.2, 0.25) is 0 Å². The molecule has 0 radical (unpaired) electrons. The molecule has 0 aliphatic rings. The van der Waals surface area contributed by atoms with Crippen LogP contribution in [0.15, 0.2) is 6.33 Å². The van der Waals surface area contributed by atoms with Gasteiger partial charge < -0.3 is 14.7 Å². The van der Waals surface area contributed by atoms with Crippen LogP contribution in [0, 0.1) is 0 Å². The lowest BCUT2D eigenvalue weighted by atomic mass is 10.2. The van der Waals surface area contributed by atoms with E-state index in [0.717, 1.165) is 0 Å². The maximum Gasteiger partial charge on any atom is 0.199 e. The Kier molecular flexibility index (Phi) is 5.44. The minimum Gasteiger partial charge on any atom is -0.490 e. The number of halogens is 1. The normalized spacial score (nSPS) is 10.7. The molecule has 17 heavy (non-hydrogen) atoms. The van der Waals surface area contributed by atoms with E-state index < -0.39 is 0 Å². The predicted octanol–water partition coefficient (Wildman–Crippen LogP) is 1.74. The molecule has 0 fully saturated rings. The third kappa shape index (κ3) is 3.44. The molecule has 0 saturated carbocycles. The zero-order valence-corrected chi connectivity index (χ0v) is 11.1. The third-order valence-electron chi connectivity index (χ3n) is 2.40. The van der Waals surface area contributed by atoms with E-state index in [-0.39, 0.29) is 12.6 Å². The molecule has 1 N–H and O–H groups in total. The highest BCUT2D eigenvalue weighted by atomic mass is 35.5. The van der Waals surface area contributed by atoms with E-state index in [1.807, 2.05) is 18.7 Å². The SMILES string of the molecule is COc1c(Cl)ncnc1N(CCCO)C(C)C. The summed E-state index contributed by atoms with van der Waals surface area (Å²) in [4.78, 5) is 10.1. The maximum absolute atomic E-state index is 8.91. The molecule has 5 nitrogen and oxygen atoms in total. The Balaban J connectivity index is 3.04. The summed E-state index contributed by atoms with van der Waals surface area (Å²) in [7, 11) is 1.54. The fourth-order valence-corrected chi connectivity index (χ4v) is 1.78. The molecule has 0 aliphatic heterocycles. The summed E-state index contributed by atoms with van der Waals surface area (Å²) in [6, 6.07) is 0.237. The number of ether oxygens (including phenoxy) is 1. The second-order valence-corrected chi connectivity index (χ2v) is 4.24. The van der Waals surface area contributed by atoms with Crippen molar-refractivity contribution in [1.29, 1.82) is 0 Å². The smallest absolute Gasteiger partial charge is 0.199 e. The van der Waals surface area contributed by atoms with E-state index in [4.69, 9.17) is 21.4 Å². The van der Waals surface area contributed by atoms with E-state index in [1.165, 1.54) is 6.33 Å². The summed E-state index contributed by atoms with van der Waals surface area (Å²) in [5.41, 5.74) is 0. The monoisotopic (exact) mass is 259 g/mol. The Hall–Kier alpha value is -1.07. The molecule has 1 heterocycles. The standard InChI is InChI=1S/C11H18ClN3O2/c1-8(2)15(5-4-6-16)11-9(17-3)10(12)13-7-14-11/h7-8,16H,4-6H2,1-3H3. The molecule has 0 spiro atoms. The fraction of sp³-hybridized carbons (Fsp3) is 0.636. The van der Waals surface area contributed by atoms with Gasteiger partial charge in [-0.1, -0.05) is 11.6 Å². The summed E-state index contributed by atoms with van der Waals surface area (Å²) < 4.78 is 5.23. The number of aliphatic hydroxyl groups excluding tert-OH is 1. The van der Waals surface area contributed by atoms with Crippen molar-refractivity contribution in [2.24, 2.45) is 0 Å². The van der Waals surface area contributed by atoms with Crippen LogP contribution in [0.2, 0.25) is 5.15 Å². The van der Waals surface area contributed by atoms with Gasteiger partial charge in [-0.25, -0.2) is 9.97 Å². The molecule has 0 unspecified atom stereocenters. The largest absolute Gasteiger partial charge is 0.490 e. The van der Waals surface area contributed by atoms with E-state index in [0.29, 0.717) is 29.7 Å². The first-order chi connectivity index (χ1) is 8.11. The van der Waals surface area contributed by atoms with E-state index in [9.17, 15) is 0 Å². The highest BCUT2D eigenvalue weighted by molar-refractivity contribution is 6.31. The third-order valence-corrected chi connectivity index (χ3v) is 2.67. The van der Waals surface area contributed by atoms with Crippen molar-refractivity contribution in [3.05, 3.63) is 11.5 Å². The van der Waals surface area contributed by atoms with Crippen LogP contribution in [0.25, 0.3) is 0 Å². The van der Waals surface area contributed by atoms with Crippen LogP contribution in [0.3, 0.4) is 0 Å². The molecule has 0 bridgehead atoms. The van der Waals surface area contributed by atoms with E-state index >= 15 is 0 Å². The second kappa shape index (κ2) is 6.61. The summed E-state index contributed by atoms with van der Waals surface area (Å²) in [6.45, 7) is 4.93. The molecule has 96 valence electrons. The van der Waals surface area contributed by atoms with Crippen LogP contribution >= 0.6 is 11.6 Å². The van der Waals surface area contributed by atoms with Gasteiger partial charge in [-0.15, -0.1) is 0 Å². The molecular formula is C11H18ClN3O2. The van der Waals surface area contributed by atoms with Crippen LogP contribution in [0.5, 0.6) is 5.75 Å². The van der Waals surface area contributed by atoms with Crippen molar-refractivity contribution in [2.75, 3.05) is 25.2 Å². The molecule has 0 saturated heterocycles. The van der Waals surface area contributed by atoms with E-state index in [2.05, 4.69) is 9.97 Å². The van der Waals surface area contributed by atoms with Gasteiger partial charge >= 0.3 is 0 Å². The quantitative estimate of drug-likeness (QED) is 0.789. The van der Waals surface area contributed by atoms with Gasteiger partial charge in [0.25, 0.3) is 0 Å². The topological polar surface area (TPSA) is 58.5 Å². The highest BCUT2D eigenvalue weighted by Gasteiger charge is 2.19. The summed E-state index contributed by atoms with van der Waals surface area (Å²) in [6.07, 6.45) is 2.08. The highest BCUT2D eigenvalue weighted by Crippen LogP contribution is 2.32.